The summed E-state index contributed by atoms with van der Waals surface area (Å²) >= 11 is 0. The zero-order valence-corrected chi connectivity index (χ0v) is 15.7. The van der Waals surface area contributed by atoms with E-state index in [-0.39, 0.29) is 24.3 Å². The highest BCUT2D eigenvalue weighted by molar-refractivity contribution is 6.01. The Bertz CT molecular complexity index is 864. The molecule has 2 N–H and O–H groups in total. The van der Waals surface area contributed by atoms with Crippen LogP contribution in [0.25, 0.3) is 0 Å². The van der Waals surface area contributed by atoms with Crippen molar-refractivity contribution in [3.05, 3.63) is 54.1 Å². The molecule has 3 rings (SSSR count). The van der Waals surface area contributed by atoms with Gasteiger partial charge in [0.25, 0.3) is 5.91 Å². The number of hydrogen-bond acceptors (Lipinski definition) is 4. The van der Waals surface area contributed by atoms with Crippen LogP contribution in [-0.2, 0) is 9.59 Å². The molecule has 0 bridgehead atoms. The molecule has 1 fully saturated rings. The first-order valence-corrected chi connectivity index (χ1v) is 9.28. The molecule has 0 aliphatic carbocycles. The molecule has 0 unspecified atom stereocenters. The molecular weight excluding hydrogens is 358 g/mol. The average molecular weight is 381 g/mol. The highest BCUT2D eigenvalue weighted by atomic mass is 16.5. The van der Waals surface area contributed by atoms with Gasteiger partial charge in [0.15, 0.2) is 0 Å². The zero-order chi connectivity index (χ0) is 19.9. The second kappa shape index (κ2) is 9.03. The molecule has 2 aromatic rings. The van der Waals surface area contributed by atoms with E-state index in [1.54, 1.807) is 53.4 Å². The van der Waals surface area contributed by atoms with Gasteiger partial charge < -0.3 is 20.3 Å². The third kappa shape index (κ3) is 4.88. The number of nitrogens with one attached hydrogen (secondary N) is 2. The zero-order valence-electron chi connectivity index (χ0n) is 15.7. The van der Waals surface area contributed by atoms with Gasteiger partial charge in [0.2, 0.25) is 11.8 Å². The fourth-order valence-electron chi connectivity index (χ4n) is 3.01. The number of amides is 3. The first-order valence-electron chi connectivity index (χ1n) is 9.28. The molecule has 0 aromatic heterocycles. The quantitative estimate of drug-likeness (QED) is 0.772. The topological polar surface area (TPSA) is 87.7 Å². The Morgan fingerprint density at radius 3 is 2.61 bits per heavy atom. The van der Waals surface area contributed by atoms with Gasteiger partial charge >= 0.3 is 0 Å². The second-order valence-corrected chi connectivity index (χ2v) is 6.39. The van der Waals surface area contributed by atoms with Gasteiger partial charge in [-0.1, -0.05) is 6.07 Å². The Morgan fingerprint density at radius 1 is 1.14 bits per heavy atom. The second-order valence-electron chi connectivity index (χ2n) is 6.39. The van der Waals surface area contributed by atoms with Gasteiger partial charge in [-0.25, -0.2) is 0 Å². The van der Waals surface area contributed by atoms with Gasteiger partial charge in [-0.2, -0.15) is 0 Å². The lowest BCUT2D eigenvalue weighted by Gasteiger charge is -2.16. The molecule has 7 nitrogen and oxygen atoms in total. The Kier molecular flexibility index (Phi) is 6.26. The van der Waals surface area contributed by atoms with Crippen LogP contribution in [0.4, 0.5) is 11.4 Å². The van der Waals surface area contributed by atoms with Crippen LogP contribution in [-0.4, -0.2) is 37.4 Å². The minimum absolute atomic E-state index is 0.0623. The predicted octanol–water partition coefficient (Wildman–Crippen LogP) is 2.58. The van der Waals surface area contributed by atoms with E-state index in [1.807, 2.05) is 6.92 Å². The molecule has 0 atom stereocenters. The van der Waals surface area contributed by atoms with Crippen molar-refractivity contribution in [3.8, 4) is 5.75 Å². The highest BCUT2D eigenvalue weighted by Gasteiger charge is 2.22. The molecule has 7 heteroatoms. The SMILES string of the molecule is CCOc1ccc(NC(=O)CNC(=O)c2cccc(N3CCCC3=O)c2)cc1. The minimum Gasteiger partial charge on any atom is -0.494 e. The van der Waals surface area contributed by atoms with Crippen LogP contribution in [0.2, 0.25) is 0 Å². The van der Waals surface area contributed by atoms with E-state index in [2.05, 4.69) is 10.6 Å². The van der Waals surface area contributed by atoms with E-state index in [9.17, 15) is 14.4 Å². The number of hydrogen-bond donors (Lipinski definition) is 2. The lowest BCUT2D eigenvalue weighted by molar-refractivity contribution is -0.117. The van der Waals surface area contributed by atoms with Crippen molar-refractivity contribution in [3.63, 3.8) is 0 Å². The van der Waals surface area contributed by atoms with Crippen LogP contribution in [0.15, 0.2) is 48.5 Å². The summed E-state index contributed by atoms with van der Waals surface area (Å²) in [4.78, 5) is 38.0. The summed E-state index contributed by atoms with van der Waals surface area (Å²) in [6.07, 6.45) is 1.35. The van der Waals surface area contributed by atoms with E-state index in [0.29, 0.717) is 36.5 Å². The smallest absolute Gasteiger partial charge is 0.251 e. The lowest BCUT2D eigenvalue weighted by Crippen LogP contribution is -2.33. The molecule has 1 aliphatic heterocycles. The van der Waals surface area contributed by atoms with Crippen molar-refractivity contribution in [2.24, 2.45) is 0 Å². The summed E-state index contributed by atoms with van der Waals surface area (Å²) < 4.78 is 5.35. The molecule has 1 aliphatic rings. The molecule has 2 aromatic carbocycles. The average Bonchev–Trinajstić information content (AvgIpc) is 3.14. The Labute approximate surface area is 163 Å². The maximum absolute atomic E-state index is 12.4. The highest BCUT2D eigenvalue weighted by Crippen LogP contribution is 2.22. The number of carbonyl (C=O) groups excluding carboxylic acids is 3. The van der Waals surface area contributed by atoms with E-state index in [1.165, 1.54) is 0 Å². The number of nitrogens with zero attached hydrogens (tertiary/aromatic N) is 1. The van der Waals surface area contributed by atoms with Crippen molar-refractivity contribution in [1.29, 1.82) is 0 Å². The van der Waals surface area contributed by atoms with Crippen LogP contribution in [0, 0.1) is 0 Å². The first-order chi connectivity index (χ1) is 13.6. The molecule has 28 heavy (non-hydrogen) atoms. The summed E-state index contributed by atoms with van der Waals surface area (Å²) in [7, 11) is 0. The third-order valence-electron chi connectivity index (χ3n) is 4.35. The molecule has 3 amide bonds. The van der Waals surface area contributed by atoms with Gasteiger partial charge in [-0.05, 0) is 55.8 Å². The maximum atomic E-state index is 12.4. The maximum Gasteiger partial charge on any atom is 0.251 e. The van der Waals surface area contributed by atoms with Crippen LogP contribution in [0.3, 0.4) is 0 Å². The summed E-state index contributed by atoms with van der Waals surface area (Å²) in [5, 5.41) is 5.32. The molecule has 0 saturated carbocycles. The van der Waals surface area contributed by atoms with Gasteiger partial charge in [0.1, 0.15) is 5.75 Å². The normalized spacial score (nSPS) is 13.3. The van der Waals surface area contributed by atoms with Crippen molar-refractivity contribution in [1.82, 2.24) is 5.32 Å². The number of rotatable bonds is 7. The van der Waals surface area contributed by atoms with Crippen molar-refractivity contribution in [2.75, 3.05) is 29.9 Å². The largest absolute Gasteiger partial charge is 0.494 e. The van der Waals surface area contributed by atoms with E-state index in [4.69, 9.17) is 4.74 Å². The van der Waals surface area contributed by atoms with Crippen molar-refractivity contribution >= 4 is 29.1 Å². The number of benzene rings is 2. The van der Waals surface area contributed by atoms with E-state index >= 15 is 0 Å². The first kappa shape index (κ1) is 19.4. The summed E-state index contributed by atoms with van der Waals surface area (Å²) in [6, 6.07) is 13.9. The monoisotopic (exact) mass is 381 g/mol. The summed E-state index contributed by atoms with van der Waals surface area (Å²) in [6.45, 7) is 2.98. The summed E-state index contributed by atoms with van der Waals surface area (Å²) in [5.74, 6) is 0.0937. The fourth-order valence-corrected chi connectivity index (χ4v) is 3.01. The van der Waals surface area contributed by atoms with Gasteiger partial charge in [-0.15, -0.1) is 0 Å². The number of carbonyl (C=O) groups is 3. The minimum atomic E-state index is -0.365. The van der Waals surface area contributed by atoms with Crippen LogP contribution < -0.4 is 20.3 Å². The van der Waals surface area contributed by atoms with E-state index in [0.717, 1.165) is 12.2 Å². The molecule has 1 heterocycles. The van der Waals surface area contributed by atoms with Gasteiger partial charge in [0, 0.05) is 29.9 Å². The molecule has 0 radical (unpaired) electrons. The van der Waals surface area contributed by atoms with Gasteiger partial charge in [0.05, 0.1) is 13.2 Å². The van der Waals surface area contributed by atoms with Crippen molar-refractivity contribution < 1.29 is 19.1 Å². The lowest BCUT2D eigenvalue weighted by atomic mass is 10.1. The molecule has 1 saturated heterocycles. The Balaban J connectivity index is 1.53. The molecular formula is C21H23N3O4. The fraction of sp³-hybridized carbons (Fsp3) is 0.286. The van der Waals surface area contributed by atoms with E-state index < -0.39 is 0 Å². The standard InChI is InChI=1S/C21H23N3O4/c1-2-28-18-10-8-16(9-11-18)23-19(25)14-22-21(27)15-5-3-6-17(13-15)24-12-4-7-20(24)26/h3,5-6,8-11,13H,2,4,7,12,14H2,1H3,(H,22,27)(H,23,25). The Hall–Kier alpha value is -3.35. The number of anilines is 2. The third-order valence-corrected chi connectivity index (χ3v) is 4.35. The molecule has 0 spiro atoms. The molecule has 146 valence electrons. The number of ether oxygens (including phenoxy) is 1. The Morgan fingerprint density at radius 2 is 1.93 bits per heavy atom. The van der Waals surface area contributed by atoms with Crippen LogP contribution in [0.1, 0.15) is 30.1 Å². The van der Waals surface area contributed by atoms with Crippen LogP contribution >= 0.6 is 0 Å². The predicted molar refractivity (Wildman–Crippen MR) is 107 cm³/mol. The van der Waals surface area contributed by atoms with Gasteiger partial charge in [-0.3, -0.25) is 14.4 Å². The summed E-state index contributed by atoms with van der Waals surface area (Å²) in [5.41, 5.74) is 1.73. The van der Waals surface area contributed by atoms with Crippen molar-refractivity contribution in [2.45, 2.75) is 19.8 Å². The van der Waals surface area contributed by atoms with Crippen LogP contribution in [0.5, 0.6) is 5.75 Å².